The van der Waals surface area contributed by atoms with Gasteiger partial charge < -0.3 is 14.9 Å². The minimum atomic E-state index is -1.59. The molecule has 0 radical (unpaired) electrons. The van der Waals surface area contributed by atoms with Gasteiger partial charge in [-0.05, 0) is 44.1 Å². The van der Waals surface area contributed by atoms with E-state index >= 15 is 0 Å². The number of phenolic OH excluding ortho intramolecular Hbond substituents is 1. The minimum absolute atomic E-state index is 0.274. The standard InChI is InChI=1S/C19H29NO6/c1-4-7-10-13-14(11-8-5-2)16(20(24)25)17(21)18(26-19(22)23)15(13)12-9-6-3/h21H,4-12H2,1-3H3,(H,22,23). The molecule has 146 valence electrons. The Bertz CT molecular complexity index is 642. The van der Waals surface area contributed by atoms with Crippen LogP contribution in [-0.4, -0.2) is 21.3 Å². The van der Waals surface area contributed by atoms with Crippen molar-refractivity contribution in [3.05, 3.63) is 26.8 Å². The van der Waals surface area contributed by atoms with Crippen LogP contribution < -0.4 is 4.74 Å². The summed E-state index contributed by atoms with van der Waals surface area (Å²) < 4.78 is 4.81. The van der Waals surface area contributed by atoms with Crippen molar-refractivity contribution in [2.75, 3.05) is 0 Å². The highest BCUT2D eigenvalue weighted by Gasteiger charge is 2.32. The molecule has 2 N–H and O–H groups in total. The molecular formula is C19H29NO6. The first-order chi connectivity index (χ1) is 12.4. The van der Waals surface area contributed by atoms with Gasteiger partial charge in [-0.15, -0.1) is 0 Å². The molecule has 7 nitrogen and oxygen atoms in total. The van der Waals surface area contributed by atoms with E-state index in [-0.39, 0.29) is 5.75 Å². The van der Waals surface area contributed by atoms with Crippen LogP contribution in [-0.2, 0) is 19.3 Å². The van der Waals surface area contributed by atoms with Gasteiger partial charge in [-0.1, -0.05) is 40.0 Å². The van der Waals surface area contributed by atoms with E-state index in [0.717, 1.165) is 44.1 Å². The summed E-state index contributed by atoms with van der Waals surface area (Å²) in [6.45, 7) is 6.03. The molecule has 0 spiro atoms. The van der Waals surface area contributed by atoms with Crippen LogP contribution in [0.1, 0.15) is 76.0 Å². The maximum atomic E-state index is 11.6. The van der Waals surface area contributed by atoms with Gasteiger partial charge in [-0.2, -0.15) is 0 Å². The monoisotopic (exact) mass is 367 g/mol. The van der Waals surface area contributed by atoms with E-state index in [0.29, 0.717) is 30.4 Å². The smallest absolute Gasteiger partial charge is 0.499 e. The zero-order valence-electron chi connectivity index (χ0n) is 15.8. The summed E-state index contributed by atoms with van der Waals surface area (Å²) in [5, 5.41) is 31.2. The number of ether oxygens (including phenoxy) is 1. The molecule has 0 atom stereocenters. The van der Waals surface area contributed by atoms with E-state index in [2.05, 4.69) is 0 Å². The quantitative estimate of drug-likeness (QED) is 0.235. The predicted molar refractivity (Wildman–Crippen MR) is 99.3 cm³/mol. The lowest BCUT2D eigenvalue weighted by molar-refractivity contribution is -0.386. The second-order valence-corrected chi connectivity index (χ2v) is 6.40. The second kappa shape index (κ2) is 10.6. The highest BCUT2D eigenvalue weighted by molar-refractivity contribution is 5.72. The van der Waals surface area contributed by atoms with Gasteiger partial charge in [-0.3, -0.25) is 10.1 Å². The van der Waals surface area contributed by atoms with Crippen molar-refractivity contribution < 1.29 is 24.7 Å². The molecule has 7 heteroatoms. The number of phenols is 1. The SMILES string of the molecule is CCCCc1c(CCCC)c(OC(=O)O)c(O)c([N+](=O)[O-])c1CCCC. The number of hydrogen-bond acceptors (Lipinski definition) is 5. The minimum Gasteiger partial charge on any atom is -0.499 e. The number of benzene rings is 1. The van der Waals surface area contributed by atoms with Gasteiger partial charge >= 0.3 is 11.8 Å². The van der Waals surface area contributed by atoms with Crippen LogP contribution >= 0.6 is 0 Å². The average molecular weight is 367 g/mol. The van der Waals surface area contributed by atoms with Crippen LogP contribution in [0.15, 0.2) is 0 Å². The van der Waals surface area contributed by atoms with Crippen LogP contribution in [0.3, 0.4) is 0 Å². The van der Waals surface area contributed by atoms with Gasteiger partial charge in [0, 0.05) is 11.1 Å². The van der Waals surface area contributed by atoms with Crippen molar-refractivity contribution in [3.8, 4) is 11.5 Å². The number of carbonyl (C=O) groups is 1. The summed E-state index contributed by atoms with van der Waals surface area (Å²) in [7, 11) is 0. The molecule has 0 saturated carbocycles. The van der Waals surface area contributed by atoms with Crippen LogP contribution in [0, 0.1) is 10.1 Å². The maximum absolute atomic E-state index is 11.6. The zero-order valence-corrected chi connectivity index (χ0v) is 15.8. The Labute approximate surface area is 154 Å². The Morgan fingerprint density at radius 3 is 1.85 bits per heavy atom. The van der Waals surface area contributed by atoms with Gasteiger partial charge in [0.1, 0.15) is 0 Å². The molecule has 26 heavy (non-hydrogen) atoms. The van der Waals surface area contributed by atoms with E-state index < -0.39 is 22.5 Å². The number of carboxylic acid groups (broad SMARTS) is 1. The number of aromatic hydroxyl groups is 1. The molecule has 0 heterocycles. The molecule has 0 fully saturated rings. The number of nitro groups is 1. The Morgan fingerprint density at radius 2 is 1.42 bits per heavy atom. The van der Waals surface area contributed by atoms with Crippen LogP contribution in [0.4, 0.5) is 10.5 Å². The summed E-state index contributed by atoms with van der Waals surface area (Å²) >= 11 is 0. The number of nitro benzene ring substituents is 1. The van der Waals surface area contributed by atoms with Crippen molar-refractivity contribution in [2.45, 2.75) is 78.6 Å². The van der Waals surface area contributed by atoms with Crippen LogP contribution in [0.5, 0.6) is 11.5 Å². The molecule has 0 aromatic heterocycles. The molecule has 0 bridgehead atoms. The van der Waals surface area contributed by atoms with Crippen LogP contribution in [0.2, 0.25) is 0 Å². The fourth-order valence-corrected chi connectivity index (χ4v) is 3.15. The summed E-state index contributed by atoms with van der Waals surface area (Å²) in [6.07, 6.45) is 5.02. The number of nitrogens with zero attached hydrogens (tertiary/aromatic N) is 1. The van der Waals surface area contributed by atoms with E-state index in [1.807, 2.05) is 20.8 Å². The maximum Gasteiger partial charge on any atom is 0.511 e. The highest BCUT2D eigenvalue weighted by atomic mass is 16.7. The molecule has 0 aliphatic carbocycles. The topological polar surface area (TPSA) is 110 Å². The fraction of sp³-hybridized carbons (Fsp3) is 0.632. The molecule has 1 aromatic carbocycles. The third-order valence-electron chi connectivity index (χ3n) is 4.44. The molecule has 1 aromatic rings. The van der Waals surface area contributed by atoms with Gasteiger partial charge in [0.05, 0.1) is 4.92 Å². The summed E-state index contributed by atoms with van der Waals surface area (Å²) in [5.41, 5.74) is 1.47. The zero-order chi connectivity index (χ0) is 19.7. The molecule has 0 aliphatic heterocycles. The third kappa shape index (κ3) is 5.34. The largest absolute Gasteiger partial charge is 0.511 e. The van der Waals surface area contributed by atoms with E-state index in [1.165, 1.54) is 0 Å². The molecule has 0 unspecified atom stereocenters. The highest BCUT2D eigenvalue weighted by Crippen LogP contribution is 2.46. The first-order valence-corrected chi connectivity index (χ1v) is 9.33. The van der Waals surface area contributed by atoms with E-state index in [4.69, 9.17) is 9.84 Å². The first-order valence-electron chi connectivity index (χ1n) is 9.33. The molecule has 0 saturated heterocycles. The van der Waals surface area contributed by atoms with Gasteiger partial charge in [0.2, 0.25) is 5.75 Å². The Hall–Kier alpha value is -2.31. The number of hydrogen-bond donors (Lipinski definition) is 2. The average Bonchev–Trinajstić information content (AvgIpc) is 2.58. The van der Waals surface area contributed by atoms with Crippen molar-refractivity contribution in [3.63, 3.8) is 0 Å². The lowest BCUT2D eigenvalue weighted by atomic mass is 9.88. The van der Waals surface area contributed by atoms with Gasteiger partial charge in [-0.25, -0.2) is 4.79 Å². The van der Waals surface area contributed by atoms with Crippen molar-refractivity contribution in [2.24, 2.45) is 0 Å². The predicted octanol–water partition coefficient (Wildman–Crippen LogP) is 5.39. The van der Waals surface area contributed by atoms with E-state index in [1.54, 1.807) is 0 Å². The fourth-order valence-electron chi connectivity index (χ4n) is 3.15. The lowest BCUT2D eigenvalue weighted by Gasteiger charge is -2.19. The van der Waals surface area contributed by atoms with Crippen molar-refractivity contribution in [1.82, 2.24) is 0 Å². The summed E-state index contributed by atoms with van der Waals surface area (Å²) in [5.74, 6) is -0.946. The first kappa shape index (κ1) is 21.7. The molecule has 0 aliphatic rings. The third-order valence-corrected chi connectivity index (χ3v) is 4.44. The Morgan fingerprint density at radius 1 is 0.962 bits per heavy atom. The van der Waals surface area contributed by atoms with Crippen molar-refractivity contribution >= 4 is 11.8 Å². The van der Waals surface area contributed by atoms with Crippen LogP contribution in [0.25, 0.3) is 0 Å². The van der Waals surface area contributed by atoms with Gasteiger partial charge in [0.15, 0.2) is 5.75 Å². The lowest BCUT2D eigenvalue weighted by Crippen LogP contribution is -2.12. The summed E-state index contributed by atoms with van der Waals surface area (Å²) in [6, 6.07) is 0. The molecular weight excluding hydrogens is 338 g/mol. The molecule has 0 amide bonds. The number of unbranched alkanes of at least 4 members (excludes halogenated alkanes) is 3. The normalized spacial score (nSPS) is 10.7. The Kier molecular flexibility index (Phi) is 8.88. The van der Waals surface area contributed by atoms with Gasteiger partial charge in [0.25, 0.3) is 0 Å². The number of rotatable bonds is 11. The van der Waals surface area contributed by atoms with E-state index in [9.17, 15) is 20.0 Å². The Balaban J connectivity index is 3.74. The molecule has 1 rings (SSSR count). The second-order valence-electron chi connectivity index (χ2n) is 6.40. The van der Waals surface area contributed by atoms with Crippen molar-refractivity contribution in [1.29, 1.82) is 0 Å². The summed E-state index contributed by atoms with van der Waals surface area (Å²) in [4.78, 5) is 22.1.